The third kappa shape index (κ3) is 2.72. The molecular weight excluding hydrogens is 228 g/mol. The van der Waals surface area contributed by atoms with Gasteiger partial charge in [-0.2, -0.15) is 5.10 Å². The van der Waals surface area contributed by atoms with Gasteiger partial charge in [0.2, 0.25) is 0 Å². The Morgan fingerprint density at radius 1 is 1.56 bits per heavy atom. The average Bonchev–Trinajstić information content (AvgIpc) is 2.96. The molecule has 100 valence electrons. The molecule has 0 spiro atoms. The largest absolute Gasteiger partial charge is 0.346 e. The molecule has 0 aromatic carbocycles. The number of amides is 1. The van der Waals surface area contributed by atoms with Gasteiger partial charge in [-0.25, -0.2) is 0 Å². The second-order valence-corrected chi connectivity index (χ2v) is 5.10. The molecule has 0 saturated heterocycles. The van der Waals surface area contributed by atoms with Crippen molar-refractivity contribution in [1.82, 2.24) is 20.0 Å². The maximum absolute atomic E-state index is 12.1. The molecule has 0 aliphatic heterocycles. The Morgan fingerprint density at radius 2 is 2.33 bits per heavy atom. The van der Waals surface area contributed by atoms with Crippen LogP contribution in [-0.2, 0) is 6.54 Å². The Labute approximate surface area is 108 Å². The summed E-state index contributed by atoms with van der Waals surface area (Å²) in [6, 6.07) is 2.47. The van der Waals surface area contributed by atoms with Crippen LogP contribution in [0.5, 0.6) is 0 Å². The van der Waals surface area contributed by atoms with Crippen molar-refractivity contribution >= 4 is 5.91 Å². The predicted molar refractivity (Wildman–Crippen MR) is 70.5 cm³/mol. The first kappa shape index (κ1) is 13.1. The third-order valence-electron chi connectivity index (χ3n) is 3.66. The SMILES string of the molecule is CCn1ccc(C(=O)N[C@@H]2CCC[C@H]2N(C)C)n1. The zero-order valence-corrected chi connectivity index (χ0v) is 11.4. The fourth-order valence-corrected chi connectivity index (χ4v) is 2.63. The Balaban J connectivity index is 1.98. The van der Waals surface area contributed by atoms with Crippen LogP contribution in [0.1, 0.15) is 36.7 Å². The summed E-state index contributed by atoms with van der Waals surface area (Å²) in [5.41, 5.74) is 0.515. The van der Waals surface area contributed by atoms with Crippen molar-refractivity contribution in [2.45, 2.75) is 44.8 Å². The van der Waals surface area contributed by atoms with E-state index in [4.69, 9.17) is 0 Å². The van der Waals surface area contributed by atoms with Gasteiger partial charge in [0, 0.05) is 24.8 Å². The number of carbonyl (C=O) groups is 1. The molecule has 1 heterocycles. The fraction of sp³-hybridized carbons (Fsp3) is 0.692. The molecule has 1 amide bonds. The van der Waals surface area contributed by atoms with Gasteiger partial charge < -0.3 is 10.2 Å². The van der Waals surface area contributed by atoms with Gasteiger partial charge in [0.1, 0.15) is 5.69 Å². The Bertz CT molecular complexity index is 413. The number of aryl methyl sites for hydroxylation is 1. The molecule has 0 radical (unpaired) electrons. The smallest absolute Gasteiger partial charge is 0.272 e. The van der Waals surface area contributed by atoms with Crippen molar-refractivity contribution in [3.8, 4) is 0 Å². The van der Waals surface area contributed by atoms with E-state index in [0.29, 0.717) is 11.7 Å². The highest BCUT2D eigenvalue weighted by Gasteiger charge is 2.30. The molecule has 1 aliphatic carbocycles. The van der Waals surface area contributed by atoms with E-state index in [9.17, 15) is 4.79 Å². The van der Waals surface area contributed by atoms with Gasteiger partial charge in [0.05, 0.1) is 0 Å². The molecule has 18 heavy (non-hydrogen) atoms. The van der Waals surface area contributed by atoms with E-state index in [1.165, 1.54) is 6.42 Å². The number of hydrogen-bond donors (Lipinski definition) is 1. The molecule has 1 N–H and O–H groups in total. The molecule has 0 unspecified atom stereocenters. The zero-order valence-electron chi connectivity index (χ0n) is 11.4. The molecule has 0 bridgehead atoms. The van der Waals surface area contributed by atoms with Crippen LogP contribution in [0.2, 0.25) is 0 Å². The number of nitrogens with zero attached hydrogens (tertiary/aromatic N) is 3. The van der Waals surface area contributed by atoms with Gasteiger partial charge in [-0.05, 0) is 46.3 Å². The molecular formula is C13H22N4O. The number of rotatable bonds is 4. The van der Waals surface area contributed by atoms with Crippen molar-refractivity contribution in [3.05, 3.63) is 18.0 Å². The maximum atomic E-state index is 12.1. The average molecular weight is 250 g/mol. The van der Waals surface area contributed by atoms with E-state index in [1.807, 2.05) is 13.1 Å². The normalized spacial score (nSPS) is 23.6. The van der Waals surface area contributed by atoms with E-state index in [-0.39, 0.29) is 11.9 Å². The minimum absolute atomic E-state index is 0.0547. The Kier molecular flexibility index (Phi) is 4.01. The third-order valence-corrected chi connectivity index (χ3v) is 3.66. The van der Waals surface area contributed by atoms with E-state index in [2.05, 4.69) is 29.4 Å². The van der Waals surface area contributed by atoms with E-state index in [0.717, 1.165) is 19.4 Å². The van der Waals surface area contributed by atoms with Crippen LogP contribution in [0.3, 0.4) is 0 Å². The van der Waals surface area contributed by atoms with Gasteiger partial charge in [0.15, 0.2) is 0 Å². The highest BCUT2D eigenvalue weighted by molar-refractivity contribution is 5.92. The summed E-state index contributed by atoms with van der Waals surface area (Å²) in [5.74, 6) is -0.0547. The summed E-state index contributed by atoms with van der Waals surface area (Å²) in [7, 11) is 4.14. The van der Waals surface area contributed by atoms with Crippen molar-refractivity contribution < 1.29 is 4.79 Å². The van der Waals surface area contributed by atoms with Crippen LogP contribution < -0.4 is 5.32 Å². The summed E-state index contributed by atoms with van der Waals surface area (Å²) in [5, 5.41) is 7.34. The van der Waals surface area contributed by atoms with Crippen molar-refractivity contribution in [2.24, 2.45) is 0 Å². The number of hydrogen-bond acceptors (Lipinski definition) is 3. The number of likely N-dealkylation sites (N-methyl/N-ethyl adjacent to an activating group) is 1. The molecule has 2 atom stereocenters. The minimum Gasteiger partial charge on any atom is -0.346 e. The highest BCUT2D eigenvalue weighted by atomic mass is 16.2. The first-order valence-electron chi connectivity index (χ1n) is 6.62. The maximum Gasteiger partial charge on any atom is 0.272 e. The van der Waals surface area contributed by atoms with Crippen LogP contribution >= 0.6 is 0 Å². The van der Waals surface area contributed by atoms with Crippen LogP contribution in [0.25, 0.3) is 0 Å². The van der Waals surface area contributed by atoms with E-state index >= 15 is 0 Å². The van der Waals surface area contributed by atoms with Gasteiger partial charge in [-0.3, -0.25) is 9.48 Å². The molecule has 1 aromatic rings. The highest BCUT2D eigenvalue weighted by Crippen LogP contribution is 2.22. The van der Waals surface area contributed by atoms with E-state index < -0.39 is 0 Å². The number of nitrogens with one attached hydrogen (secondary N) is 1. The number of carbonyl (C=O) groups excluding carboxylic acids is 1. The topological polar surface area (TPSA) is 50.2 Å². The monoisotopic (exact) mass is 250 g/mol. The fourth-order valence-electron chi connectivity index (χ4n) is 2.63. The lowest BCUT2D eigenvalue weighted by molar-refractivity contribution is 0.0913. The molecule has 1 fully saturated rings. The second kappa shape index (κ2) is 5.52. The van der Waals surface area contributed by atoms with E-state index in [1.54, 1.807) is 10.7 Å². The van der Waals surface area contributed by atoms with Crippen molar-refractivity contribution in [3.63, 3.8) is 0 Å². The Morgan fingerprint density at radius 3 is 2.94 bits per heavy atom. The lowest BCUT2D eigenvalue weighted by Gasteiger charge is -2.26. The molecule has 1 saturated carbocycles. The summed E-state index contributed by atoms with van der Waals surface area (Å²) < 4.78 is 1.77. The van der Waals surface area contributed by atoms with Crippen LogP contribution in [0.15, 0.2) is 12.3 Å². The molecule has 1 aliphatic rings. The number of aromatic nitrogens is 2. The lowest BCUT2D eigenvalue weighted by atomic mass is 10.1. The summed E-state index contributed by atoms with van der Waals surface area (Å²) in [4.78, 5) is 14.3. The van der Waals surface area contributed by atoms with Crippen LogP contribution in [0.4, 0.5) is 0 Å². The van der Waals surface area contributed by atoms with Gasteiger partial charge in [0.25, 0.3) is 5.91 Å². The van der Waals surface area contributed by atoms with Gasteiger partial charge in [-0.15, -0.1) is 0 Å². The Hall–Kier alpha value is -1.36. The lowest BCUT2D eigenvalue weighted by Crippen LogP contribution is -2.46. The van der Waals surface area contributed by atoms with Gasteiger partial charge >= 0.3 is 0 Å². The predicted octanol–water partition coefficient (Wildman–Crippen LogP) is 1.12. The molecule has 2 rings (SSSR count). The molecule has 5 heteroatoms. The minimum atomic E-state index is -0.0547. The van der Waals surface area contributed by atoms with Crippen LogP contribution in [-0.4, -0.2) is 46.8 Å². The second-order valence-electron chi connectivity index (χ2n) is 5.10. The van der Waals surface area contributed by atoms with Crippen molar-refractivity contribution in [2.75, 3.05) is 14.1 Å². The van der Waals surface area contributed by atoms with Crippen molar-refractivity contribution in [1.29, 1.82) is 0 Å². The first-order chi connectivity index (χ1) is 8.61. The summed E-state index contributed by atoms with van der Waals surface area (Å²) in [6.07, 6.45) is 5.23. The summed E-state index contributed by atoms with van der Waals surface area (Å²) >= 11 is 0. The summed E-state index contributed by atoms with van der Waals surface area (Å²) in [6.45, 7) is 2.80. The van der Waals surface area contributed by atoms with Gasteiger partial charge in [-0.1, -0.05) is 0 Å². The first-order valence-corrected chi connectivity index (χ1v) is 6.62. The zero-order chi connectivity index (χ0) is 13.1. The molecule has 1 aromatic heterocycles. The molecule has 5 nitrogen and oxygen atoms in total. The quantitative estimate of drug-likeness (QED) is 0.871. The van der Waals surface area contributed by atoms with Crippen LogP contribution in [0, 0.1) is 0 Å². The standard InChI is InChI=1S/C13H22N4O/c1-4-17-9-8-11(15-17)13(18)14-10-6-5-7-12(10)16(2)3/h8-10,12H,4-7H2,1-3H3,(H,14,18)/t10-,12-/m1/s1.